The summed E-state index contributed by atoms with van der Waals surface area (Å²) in [6.45, 7) is 0.205. The summed E-state index contributed by atoms with van der Waals surface area (Å²) >= 11 is 1.33. The molecular formula is C12H14N2O3S2. The van der Waals surface area contributed by atoms with Crippen molar-refractivity contribution in [2.75, 3.05) is 11.8 Å². The monoisotopic (exact) mass is 298 g/mol. The Bertz CT molecular complexity index is 648. The molecule has 5 nitrogen and oxygen atoms in total. The van der Waals surface area contributed by atoms with Crippen LogP contribution >= 0.6 is 11.3 Å². The van der Waals surface area contributed by atoms with Crippen LogP contribution in [0.3, 0.4) is 0 Å². The standard InChI is InChI=1S/C12H14N2O3S2/c1-17-10-4-2-9(3-5-10)14-19(15,16)12-6-7-18-11(12)8-13/h2-7,14H,8,13H2,1H3. The fraction of sp³-hybridized carbons (Fsp3) is 0.167. The van der Waals surface area contributed by atoms with Crippen LogP contribution in [0.15, 0.2) is 40.6 Å². The summed E-state index contributed by atoms with van der Waals surface area (Å²) in [6.07, 6.45) is 0. The van der Waals surface area contributed by atoms with Gasteiger partial charge in [0, 0.05) is 17.1 Å². The van der Waals surface area contributed by atoms with Crippen LogP contribution in [0.4, 0.5) is 5.69 Å². The summed E-state index contributed by atoms with van der Waals surface area (Å²) in [5.74, 6) is 0.668. The fourth-order valence-corrected chi connectivity index (χ4v) is 3.98. The molecule has 0 aliphatic rings. The number of ether oxygens (including phenoxy) is 1. The van der Waals surface area contributed by atoms with E-state index in [0.717, 1.165) is 0 Å². The van der Waals surface area contributed by atoms with Gasteiger partial charge in [0.15, 0.2) is 0 Å². The molecule has 19 heavy (non-hydrogen) atoms. The molecule has 0 atom stereocenters. The van der Waals surface area contributed by atoms with Crippen molar-refractivity contribution in [1.29, 1.82) is 0 Å². The van der Waals surface area contributed by atoms with Gasteiger partial charge in [0.05, 0.1) is 7.11 Å². The minimum atomic E-state index is -3.59. The van der Waals surface area contributed by atoms with Crippen LogP contribution in [0.5, 0.6) is 5.75 Å². The van der Waals surface area contributed by atoms with E-state index in [1.54, 1.807) is 42.8 Å². The first-order valence-corrected chi connectivity index (χ1v) is 7.86. The number of hydrogen-bond donors (Lipinski definition) is 2. The first kappa shape index (κ1) is 13.9. The zero-order valence-corrected chi connectivity index (χ0v) is 11.9. The van der Waals surface area contributed by atoms with E-state index in [2.05, 4.69) is 4.72 Å². The normalized spacial score (nSPS) is 11.3. The lowest BCUT2D eigenvalue weighted by molar-refractivity contribution is 0.415. The van der Waals surface area contributed by atoms with Crippen LogP contribution in [0, 0.1) is 0 Å². The van der Waals surface area contributed by atoms with Gasteiger partial charge in [-0.05, 0) is 35.7 Å². The number of rotatable bonds is 5. The van der Waals surface area contributed by atoms with E-state index >= 15 is 0 Å². The molecular weight excluding hydrogens is 284 g/mol. The molecule has 1 aromatic heterocycles. The van der Waals surface area contributed by atoms with E-state index in [1.165, 1.54) is 11.3 Å². The zero-order chi connectivity index (χ0) is 13.9. The van der Waals surface area contributed by atoms with Gasteiger partial charge in [-0.3, -0.25) is 4.72 Å². The average molecular weight is 298 g/mol. The Balaban J connectivity index is 2.26. The highest BCUT2D eigenvalue weighted by Crippen LogP contribution is 2.24. The lowest BCUT2D eigenvalue weighted by Gasteiger charge is -2.08. The SMILES string of the molecule is COc1ccc(NS(=O)(=O)c2ccsc2CN)cc1. The predicted octanol–water partition coefficient (Wildman–Crippen LogP) is 2.02. The summed E-state index contributed by atoms with van der Waals surface area (Å²) in [4.78, 5) is 0.872. The molecule has 2 aromatic rings. The summed E-state index contributed by atoms with van der Waals surface area (Å²) < 4.78 is 31.9. The predicted molar refractivity (Wildman–Crippen MR) is 76.0 cm³/mol. The molecule has 0 aliphatic carbocycles. The van der Waals surface area contributed by atoms with Crippen molar-refractivity contribution in [1.82, 2.24) is 0 Å². The largest absolute Gasteiger partial charge is 0.497 e. The molecule has 0 saturated carbocycles. The summed E-state index contributed by atoms with van der Waals surface area (Å²) in [5.41, 5.74) is 6.01. The van der Waals surface area contributed by atoms with E-state index in [0.29, 0.717) is 16.3 Å². The Morgan fingerprint density at radius 3 is 2.53 bits per heavy atom. The molecule has 7 heteroatoms. The molecule has 0 amide bonds. The molecule has 0 unspecified atom stereocenters. The van der Waals surface area contributed by atoms with Crippen molar-refractivity contribution < 1.29 is 13.2 Å². The molecule has 0 radical (unpaired) electrons. The van der Waals surface area contributed by atoms with Crippen LogP contribution in [-0.4, -0.2) is 15.5 Å². The van der Waals surface area contributed by atoms with Gasteiger partial charge in [0.2, 0.25) is 0 Å². The summed E-state index contributed by atoms with van der Waals surface area (Å²) in [6, 6.07) is 8.22. The van der Waals surface area contributed by atoms with Crippen molar-refractivity contribution in [3.63, 3.8) is 0 Å². The summed E-state index contributed by atoms with van der Waals surface area (Å²) in [5, 5.41) is 1.71. The molecule has 1 aromatic carbocycles. The first-order chi connectivity index (χ1) is 9.06. The van der Waals surface area contributed by atoms with Crippen LogP contribution in [0.2, 0.25) is 0 Å². The Morgan fingerprint density at radius 1 is 1.26 bits per heavy atom. The third kappa shape index (κ3) is 3.06. The quantitative estimate of drug-likeness (QED) is 0.885. The van der Waals surface area contributed by atoms with E-state index in [4.69, 9.17) is 10.5 Å². The highest BCUT2D eigenvalue weighted by Gasteiger charge is 2.19. The van der Waals surface area contributed by atoms with Gasteiger partial charge in [0.25, 0.3) is 10.0 Å². The number of nitrogens with one attached hydrogen (secondary N) is 1. The number of methoxy groups -OCH3 is 1. The Morgan fingerprint density at radius 2 is 1.95 bits per heavy atom. The topological polar surface area (TPSA) is 81.4 Å². The zero-order valence-electron chi connectivity index (χ0n) is 10.3. The molecule has 1 heterocycles. The Hall–Kier alpha value is -1.57. The molecule has 2 rings (SSSR count). The van der Waals surface area contributed by atoms with Gasteiger partial charge in [-0.15, -0.1) is 11.3 Å². The molecule has 3 N–H and O–H groups in total. The van der Waals surface area contributed by atoms with Gasteiger partial charge in [-0.2, -0.15) is 0 Å². The molecule has 0 aliphatic heterocycles. The van der Waals surface area contributed by atoms with E-state index in [-0.39, 0.29) is 11.4 Å². The Kier molecular flexibility index (Phi) is 4.08. The van der Waals surface area contributed by atoms with Crippen molar-refractivity contribution in [2.45, 2.75) is 11.4 Å². The third-order valence-electron chi connectivity index (χ3n) is 2.52. The number of anilines is 1. The van der Waals surface area contributed by atoms with Crippen LogP contribution in [-0.2, 0) is 16.6 Å². The highest BCUT2D eigenvalue weighted by molar-refractivity contribution is 7.93. The van der Waals surface area contributed by atoms with E-state index in [1.807, 2.05) is 0 Å². The third-order valence-corrected chi connectivity index (χ3v) is 5.06. The minimum Gasteiger partial charge on any atom is -0.497 e. The average Bonchev–Trinajstić information content (AvgIpc) is 2.88. The lowest BCUT2D eigenvalue weighted by atomic mass is 10.3. The number of benzene rings is 1. The first-order valence-electron chi connectivity index (χ1n) is 5.50. The van der Waals surface area contributed by atoms with Gasteiger partial charge in [-0.25, -0.2) is 8.42 Å². The summed E-state index contributed by atoms with van der Waals surface area (Å²) in [7, 11) is -2.04. The van der Waals surface area contributed by atoms with Crippen LogP contribution in [0.25, 0.3) is 0 Å². The van der Waals surface area contributed by atoms with Crippen molar-refractivity contribution in [3.05, 3.63) is 40.6 Å². The molecule has 0 spiro atoms. The van der Waals surface area contributed by atoms with E-state index in [9.17, 15) is 8.42 Å². The van der Waals surface area contributed by atoms with Crippen molar-refractivity contribution >= 4 is 27.0 Å². The number of nitrogens with two attached hydrogens (primary N) is 1. The molecule has 0 fully saturated rings. The smallest absolute Gasteiger partial charge is 0.263 e. The van der Waals surface area contributed by atoms with Crippen LogP contribution in [0.1, 0.15) is 4.88 Å². The second kappa shape index (κ2) is 5.60. The van der Waals surface area contributed by atoms with Gasteiger partial charge < -0.3 is 10.5 Å². The maximum Gasteiger partial charge on any atom is 0.263 e. The van der Waals surface area contributed by atoms with Gasteiger partial charge in [0.1, 0.15) is 10.6 Å². The van der Waals surface area contributed by atoms with Gasteiger partial charge in [-0.1, -0.05) is 0 Å². The fourth-order valence-electron chi connectivity index (χ4n) is 1.59. The van der Waals surface area contributed by atoms with Gasteiger partial charge >= 0.3 is 0 Å². The minimum absolute atomic E-state index is 0.205. The number of hydrogen-bond acceptors (Lipinski definition) is 5. The highest BCUT2D eigenvalue weighted by atomic mass is 32.2. The molecule has 102 valence electrons. The number of thiophene rings is 1. The second-order valence-electron chi connectivity index (χ2n) is 3.75. The maximum absolute atomic E-state index is 12.2. The maximum atomic E-state index is 12.2. The number of sulfonamides is 1. The molecule has 0 bridgehead atoms. The Labute approximate surface area is 116 Å². The van der Waals surface area contributed by atoms with Crippen molar-refractivity contribution in [3.8, 4) is 5.75 Å². The van der Waals surface area contributed by atoms with E-state index < -0.39 is 10.0 Å². The second-order valence-corrected chi connectivity index (χ2v) is 6.40. The lowest BCUT2D eigenvalue weighted by Crippen LogP contribution is -2.14. The molecule has 0 saturated heterocycles. The van der Waals surface area contributed by atoms with Crippen LogP contribution < -0.4 is 15.2 Å². The van der Waals surface area contributed by atoms with Crippen molar-refractivity contribution in [2.24, 2.45) is 5.73 Å².